The fourth-order valence-corrected chi connectivity index (χ4v) is 0. The maximum Gasteiger partial charge on any atom is 0 e. The molecule has 0 aliphatic heterocycles. The molecule has 3 nitrogen and oxygen atoms in total. The van der Waals surface area contributed by atoms with Gasteiger partial charge in [-0.05, 0) is 0 Å². The molecule has 0 saturated carbocycles. The van der Waals surface area contributed by atoms with Crippen molar-refractivity contribution >= 4 is 82.6 Å². The van der Waals surface area contributed by atoms with E-state index >= 15 is 0 Å². The van der Waals surface area contributed by atoms with Gasteiger partial charge in [0.15, 0.2) is 0 Å². The molecule has 0 unspecified atom stereocenters. The molecule has 0 aliphatic carbocycles. The van der Waals surface area contributed by atoms with Crippen molar-refractivity contribution in [1.82, 2.24) is 0 Å². The topological polar surface area (TPSA) is 76.1 Å². The Morgan fingerprint density at radius 3 is 0.520 bits per heavy atom. The summed E-state index contributed by atoms with van der Waals surface area (Å²) in [7, 11) is 0. The van der Waals surface area contributed by atoms with E-state index in [1.807, 2.05) is 0 Å². The van der Waals surface area contributed by atoms with E-state index in [-0.39, 0.29) is 53.3 Å². The molecule has 0 aromatic carbocycles. The standard InChI is InChI=1S/4C4H10.2CNS.H2O.2Sn/c4*1-3-4-2;2*2-1-3;;;/h4*3-4H2,1-2H3;;;1H2;;/q;;;;2*-1;;;. The summed E-state index contributed by atoms with van der Waals surface area (Å²) in [6.07, 6.45) is 10.6. The maximum atomic E-state index is 7.13. The van der Waals surface area contributed by atoms with Crippen molar-refractivity contribution in [3.63, 3.8) is 0 Å². The van der Waals surface area contributed by atoms with Crippen LogP contribution in [0.5, 0.6) is 0 Å². The van der Waals surface area contributed by atoms with Gasteiger partial charge in [-0.3, -0.25) is 0 Å². The van der Waals surface area contributed by atoms with Crippen LogP contribution in [-0.2, 0) is 0 Å². The maximum absolute atomic E-state index is 7.13. The number of rotatable bonds is 4. The second kappa shape index (κ2) is 118. The van der Waals surface area contributed by atoms with Gasteiger partial charge in [0, 0.05) is 47.8 Å². The summed E-state index contributed by atoms with van der Waals surface area (Å²) in [5.41, 5.74) is 0. The first-order valence-corrected chi connectivity index (χ1v) is 9.33. The average molecular weight is 604 g/mol. The summed E-state index contributed by atoms with van der Waals surface area (Å²) >= 11 is 7.40. The van der Waals surface area contributed by atoms with Crippen LogP contribution in [0.1, 0.15) is 107 Å². The number of hydrogen-bond donors (Lipinski definition) is 0. The normalized spacial score (nSPS) is 5.44. The zero-order chi connectivity index (χ0) is 19.1. The molecule has 0 rings (SSSR count). The quantitative estimate of drug-likeness (QED) is 0.198. The van der Waals surface area contributed by atoms with Crippen LogP contribution in [0.3, 0.4) is 0 Å². The molecule has 0 amide bonds. The van der Waals surface area contributed by atoms with E-state index < -0.39 is 0 Å². The number of unbranched alkanes of at least 4 members (excludes halogenated alkanes) is 4. The Balaban J connectivity index is -0.0000000172. The molecule has 0 saturated heterocycles. The van der Waals surface area contributed by atoms with E-state index in [1.54, 1.807) is 0 Å². The molecular formula is C18H42N2OS2Sn2-2. The predicted octanol–water partition coefficient (Wildman–Crippen LogP) is 6.96. The van der Waals surface area contributed by atoms with Gasteiger partial charge in [0.1, 0.15) is 0 Å². The Bertz CT molecular complexity index is 152. The monoisotopic (exact) mass is 606 g/mol. The van der Waals surface area contributed by atoms with Crippen molar-refractivity contribution in [3.8, 4) is 0 Å². The molecule has 0 atom stereocenters. The van der Waals surface area contributed by atoms with Gasteiger partial charge in [-0.2, -0.15) is 10.3 Å². The van der Waals surface area contributed by atoms with Crippen molar-refractivity contribution in [3.05, 3.63) is 10.8 Å². The van der Waals surface area contributed by atoms with Crippen LogP contribution in [0.25, 0.3) is 10.8 Å². The third-order valence-corrected chi connectivity index (χ3v) is 2.00. The zero-order valence-corrected chi connectivity index (χ0v) is 25.2. The van der Waals surface area contributed by atoms with Crippen LogP contribution in [0, 0.1) is 0 Å². The molecular weight excluding hydrogens is 562 g/mol. The van der Waals surface area contributed by atoms with Crippen molar-refractivity contribution < 1.29 is 5.48 Å². The molecule has 152 valence electrons. The van der Waals surface area contributed by atoms with Crippen molar-refractivity contribution in [2.75, 3.05) is 0 Å². The van der Waals surface area contributed by atoms with Gasteiger partial charge >= 0.3 is 0 Å². The van der Waals surface area contributed by atoms with Crippen molar-refractivity contribution in [2.45, 2.75) is 107 Å². The Kier molecular flexibility index (Phi) is 265. The minimum Gasteiger partial charge on any atom is -0.753 e. The van der Waals surface area contributed by atoms with E-state index in [2.05, 4.69) is 79.8 Å². The molecule has 0 aliphatic rings. The van der Waals surface area contributed by atoms with Gasteiger partial charge in [0.2, 0.25) is 0 Å². The molecule has 25 heavy (non-hydrogen) atoms. The number of isothiocyanates is 2. The molecule has 0 bridgehead atoms. The van der Waals surface area contributed by atoms with E-state index in [0.29, 0.717) is 0 Å². The second-order valence-electron chi connectivity index (χ2n) is 4.18. The van der Waals surface area contributed by atoms with Gasteiger partial charge in [0.25, 0.3) is 0 Å². The Morgan fingerprint density at radius 2 is 0.520 bits per heavy atom. The first kappa shape index (κ1) is 56.2. The first-order valence-electron chi connectivity index (χ1n) is 8.51. The summed E-state index contributed by atoms with van der Waals surface area (Å²) in [5, 5.41) is 16.9. The number of thiocarbonyl (C=S) groups is 2. The van der Waals surface area contributed by atoms with Crippen molar-refractivity contribution in [2.24, 2.45) is 0 Å². The second-order valence-corrected chi connectivity index (χ2v) is 4.55. The van der Waals surface area contributed by atoms with Crippen LogP contribution in [-0.4, -0.2) is 63.6 Å². The summed E-state index contributed by atoms with van der Waals surface area (Å²) in [4.78, 5) is 0. The van der Waals surface area contributed by atoms with Crippen LogP contribution < -0.4 is 0 Å². The molecule has 7 heteroatoms. The molecule has 0 fully saturated rings. The molecule has 0 aromatic rings. The van der Waals surface area contributed by atoms with Crippen LogP contribution in [0.2, 0.25) is 0 Å². The van der Waals surface area contributed by atoms with Crippen molar-refractivity contribution in [1.29, 1.82) is 0 Å². The Morgan fingerprint density at radius 1 is 0.480 bits per heavy atom. The SMILES string of the molecule is CCCC.CCCC.CCCC.CCCC.O.[N-]=C=S.[N-]=C=S.[Sn].[Sn]. The molecule has 0 spiro atoms. The number of nitrogens with zero attached hydrogens (tertiary/aromatic N) is 2. The summed E-state index contributed by atoms with van der Waals surface area (Å²) in [5.74, 6) is 0. The minimum absolute atomic E-state index is 0. The Hall–Kier alpha value is 1.16. The fraction of sp³-hybridized carbons (Fsp3) is 0.889. The van der Waals surface area contributed by atoms with Gasteiger partial charge in [0.05, 0.1) is 0 Å². The third-order valence-electron chi connectivity index (χ3n) is 2.00. The van der Waals surface area contributed by atoms with E-state index in [4.69, 9.17) is 10.8 Å². The summed E-state index contributed by atoms with van der Waals surface area (Å²) in [6, 6.07) is 0. The minimum atomic E-state index is 0. The van der Waals surface area contributed by atoms with Gasteiger partial charge in [-0.1, -0.05) is 131 Å². The smallest absolute Gasteiger partial charge is 0 e. The van der Waals surface area contributed by atoms with Crippen LogP contribution >= 0.6 is 24.4 Å². The fourth-order valence-electron chi connectivity index (χ4n) is 0. The van der Waals surface area contributed by atoms with Crippen LogP contribution in [0.15, 0.2) is 0 Å². The molecule has 0 heterocycles. The van der Waals surface area contributed by atoms with E-state index in [9.17, 15) is 0 Å². The largest absolute Gasteiger partial charge is 0.753 e. The molecule has 2 N–H and O–H groups in total. The predicted molar refractivity (Wildman–Crippen MR) is 129 cm³/mol. The molecule has 8 radical (unpaired) electrons. The Labute approximate surface area is 204 Å². The number of hydrogen-bond acceptors (Lipinski definition) is 2. The van der Waals surface area contributed by atoms with Gasteiger partial charge in [-0.15, -0.1) is 0 Å². The van der Waals surface area contributed by atoms with Gasteiger partial charge < -0.3 is 16.3 Å². The first-order chi connectivity index (χ1) is 10.5. The zero-order valence-electron chi connectivity index (χ0n) is 17.9. The average Bonchev–Trinajstić information content (AvgIpc) is 2.56. The summed E-state index contributed by atoms with van der Waals surface area (Å²) in [6.45, 7) is 17.4. The summed E-state index contributed by atoms with van der Waals surface area (Å²) < 4.78 is 0. The third kappa shape index (κ3) is 507. The van der Waals surface area contributed by atoms with Crippen LogP contribution in [0.4, 0.5) is 0 Å². The van der Waals surface area contributed by atoms with E-state index in [0.717, 1.165) is 0 Å². The molecule has 0 aromatic heterocycles. The van der Waals surface area contributed by atoms with Gasteiger partial charge in [-0.25, -0.2) is 0 Å². The van der Waals surface area contributed by atoms with E-state index in [1.165, 1.54) is 61.7 Å².